The van der Waals surface area contributed by atoms with Crippen molar-refractivity contribution in [2.75, 3.05) is 18.4 Å². The van der Waals surface area contributed by atoms with Gasteiger partial charge in [-0.15, -0.1) is 15.0 Å². The van der Waals surface area contributed by atoms with Crippen LogP contribution in [0.4, 0.5) is 5.82 Å². The standard InChI is InChI=1S/C15H14Cl2N6O/c1-2-18-15(24)8-20-14-6-13(10(17)7-19-14)23-21-11-4-3-9(16)5-12(11)22-23/h3-7H,2,8H2,1H3,(H,18,24)(H,19,20). The molecule has 3 aromatic rings. The second-order valence-corrected chi connectivity index (χ2v) is 5.79. The van der Waals surface area contributed by atoms with Gasteiger partial charge in [-0.25, -0.2) is 4.98 Å². The number of hydrogen-bond acceptors (Lipinski definition) is 5. The van der Waals surface area contributed by atoms with E-state index in [9.17, 15) is 4.79 Å². The zero-order valence-corrected chi connectivity index (χ0v) is 14.3. The molecule has 0 spiro atoms. The molecule has 2 aromatic heterocycles. The molecule has 0 radical (unpaired) electrons. The molecule has 0 saturated heterocycles. The van der Waals surface area contributed by atoms with E-state index >= 15 is 0 Å². The molecule has 0 bridgehead atoms. The van der Waals surface area contributed by atoms with Gasteiger partial charge < -0.3 is 10.6 Å². The molecule has 0 atom stereocenters. The van der Waals surface area contributed by atoms with E-state index in [0.717, 1.165) is 0 Å². The number of fused-ring (bicyclic) bond motifs is 1. The Hall–Kier alpha value is -2.38. The van der Waals surface area contributed by atoms with Crippen molar-refractivity contribution >= 4 is 46.0 Å². The highest BCUT2D eigenvalue weighted by molar-refractivity contribution is 6.32. The Kier molecular flexibility index (Phi) is 4.82. The minimum absolute atomic E-state index is 0.117. The molecule has 124 valence electrons. The summed E-state index contributed by atoms with van der Waals surface area (Å²) in [7, 11) is 0. The SMILES string of the molecule is CCNC(=O)CNc1cc(-n2nc3ccc(Cl)cc3n2)c(Cl)cn1. The summed E-state index contributed by atoms with van der Waals surface area (Å²) in [5.74, 6) is 0.383. The van der Waals surface area contributed by atoms with Crippen LogP contribution in [0.25, 0.3) is 16.7 Å². The molecule has 0 unspecified atom stereocenters. The number of halogens is 2. The van der Waals surface area contributed by atoms with Crippen LogP contribution in [0.5, 0.6) is 0 Å². The molecule has 2 heterocycles. The summed E-state index contributed by atoms with van der Waals surface area (Å²) in [4.78, 5) is 17.1. The van der Waals surface area contributed by atoms with Crippen molar-refractivity contribution in [2.45, 2.75) is 6.92 Å². The minimum Gasteiger partial charge on any atom is -0.361 e. The lowest BCUT2D eigenvalue weighted by Gasteiger charge is -2.08. The maximum absolute atomic E-state index is 11.5. The lowest BCUT2D eigenvalue weighted by molar-refractivity contribution is -0.119. The van der Waals surface area contributed by atoms with E-state index in [-0.39, 0.29) is 12.5 Å². The van der Waals surface area contributed by atoms with Gasteiger partial charge in [0.1, 0.15) is 22.5 Å². The maximum atomic E-state index is 11.5. The first kappa shape index (κ1) is 16.5. The minimum atomic E-state index is -0.117. The number of benzene rings is 1. The van der Waals surface area contributed by atoms with Gasteiger partial charge in [0.15, 0.2) is 0 Å². The van der Waals surface area contributed by atoms with E-state index in [2.05, 4.69) is 25.8 Å². The molecule has 2 N–H and O–H groups in total. The number of carbonyl (C=O) groups excluding carboxylic acids is 1. The zero-order valence-electron chi connectivity index (χ0n) is 12.8. The van der Waals surface area contributed by atoms with Crippen LogP contribution in [0, 0.1) is 0 Å². The average molecular weight is 365 g/mol. The molecule has 24 heavy (non-hydrogen) atoms. The number of aromatic nitrogens is 4. The molecule has 0 aliphatic carbocycles. The number of carbonyl (C=O) groups is 1. The van der Waals surface area contributed by atoms with E-state index in [1.54, 1.807) is 24.3 Å². The summed E-state index contributed by atoms with van der Waals surface area (Å²) in [5.41, 5.74) is 1.91. The van der Waals surface area contributed by atoms with Gasteiger partial charge in [-0.1, -0.05) is 23.2 Å². The summed E-state index contributed by atoms with van der Waals surface area (Å²) in [6, 6.07) is 6.94. The maximum Gasteiger partial charge on any atom is 0.239 e. The lowest BCUT2D eigenvalue weighted by atomic mass is 10.3. The molecule has 3 rings (SSSR count). The van der Waals surface area contributed by atoms with Crippen LogP contribution in [0.2, 0.25) is 10.0 Å². The molecular formula is C15H14Cl2N6O. The summed E-state index contributed by atoms with van der Waals surface area (Å²) < 4.78 is 0. The highest BCUT2D eigenvalue weighted by Gasteiger charge is 2.11. The van der Waals surface area contributed by atoms with Gasteiger partial charge in [-0.2, -0.15) is 0 Å². The van der Waals surface area contributed by atoms with Crippen molar-refractivity contribution in [3.63, 3.8) is 0 Å². The number of nitrogens with zero attached hydrogens (tertiary/aromatic N) is 4. The number of hydrogen-bond donors (Lipinski definition) is 2. The first-order chi connectivity index (χ1) is 11.6. The predicted molar refractivity (Wildman–Crippen MR) is 93.9 cm³/mol. The Balaban J connectivity index is 1.88. The molecule has 1 aromatic carbocycles. The van der Waals surface area contributed by atoms with Crippen LogP contribution < -0.4 is 10.6 Å². The van der Waals surface area contributed by atoms with Gasteiger partial charge in [-0.05, 0) is 25.1 Å². The van der Waals surface area contributed by atoms with Crippen molar-refractivity contribution in [3.8, 4) is 5.69 Å². The van der Waals surface area contributed by atoms with E-state index in [4.69, 9.17) is 23.2 Å². The van der Waals surface area contributed by atoms with Gasteiger partial charge in [-0.3, -0.25) is 4.79 Å². The Bertz CT molecular complexity index is 895. The van der Waals surface area contributed by atoms with Crippen molar-refractivity contribution in [3.05, 3.63) is 40.5 Å². The van der Waals surface area contributed by atoms with Crippen LogP contribution in [-0.4, -0.2) is 39.0 Å². The summed E-state index contributed by atoms with van der Waals surface area (Å²) >= 11 is 12.2. The monoisotopic (exact) mass is 364 g/mol. The molecular weight excluding hydrogens is 351 g/mol. The van der Waals surface area contributed by atoms with Crippen molar-refractivity contribution in [2.24, 2.45) is 0 Å². The van der Waals surface area contributed by atoms with Crippen LogP contribution >= 0.6 is 23.2 Å². The van der Waals surface area contributed by atoms with Crippen molar-refractivity contribution in [1.82, 2.24) is 25.3 Å². The number of amides is 1. The number of nitrogens with one attached hydrogen (secondary N) is 2. The quantitative estimate of drug-likeness (QED) is 0.726. The zero-order chi connectivity index (χ0) is 17.1. The van der Waals surface area contributed by atoms with Gasteiger partial charge in [0, 0.05) is 17.6 Å². The first-order valence-corrected chi connectivity index (χ1v) is 8.01. The fourth-order valence-corrected chi connectivity index (χ4v) is 2.45. The normalized spacial score (nSPS) is 10.8. The van der Waals surface area contributed by atoms with E-state index in [1.807, 2.05) is 6.92 Å². The third kappa shape index (κ3) is 3.58. The van der Waals surface area contributed by atoms with Gasteiger partial charge >= 0.3 is 0 Å². The average Bonchev–Trinajstić information content (AvgIpc) is 2.97. The van der Waals surface area contributed by atoms with E-state index < -0.39 is 0 Å². The molecule has 0 fully saturated rings. The molecule has 0 saturated carbocycles. The summed E-state index contributed by atoms with van der Waals surface area (Å²) in [5, 5.41) is 15.4. The Morgan fingerprint density at radius 3 is 2.79 bits per heavy atom. The second-order valence-electron chi connectivity index (χ2n) is 4.95. The fraction of sp³-hybridized carbons (Fsp3) is 0.200. The van der Waals surface area contributed by atoms with Gasteiger partial charge in [0.05, 0.1) is 17.8 Å². The Morgan fingerprint density at radius 1 is 1.21 bits per heavy atom. The third-order valence-electron chi connectivity index (χ3n) is 3.20. The largest absolute Gasteiger partial charge is 0.361 e. The van der Waals surface area contributed by atoms with Gasteiger partial charge in [0.25, 0.3) is 0 Å². The van der Waals surface area contributed by atoms with Crippen LogP contribution in [0.3, 0.4) is 0 Å². The second kappa shape index (κ2) is 7.02. The number of rotatable bonds is 5. The highest BCUT2D eigenvalue weighted by Crippen LogP contribution is 2.23. The molecule has 9 heteroatoms. The number of likely N-dealkylation sites (N-methyl/N-ethyl adjacent to an activating group) is 1. The van der Waals surface area contributed by atoms with E-state index in [0.29, 0.717) is 39.1 Å². The third-order valence-corrected chi connectivity index (χ3v) is 3.72. The van der Waals surface area contributed by atoms with Crippen LogP contribution in [-0.2, 0) is 4.79 Å². The lowest BCUT2D eigenvalue weighted by Crippen LogP contribution is -2.29. The number of pyridine rings is 1. The molecule has 1 amide bonds. The number of anilines is 1. The van der Waals surface area contributed by atoms with Gasteiger partial charge in [0.2, 0.25) is 5.91 Å². The van der Waals surface area contributed by atoms with Crippen LogP contribution in [0.1, 0.15) is 6.92 Å². The fourth-order valence-electron chi connectivity index (χ4n) is 2.10. The first-order valence-electron chi connectivity index (χ1n) is 7.26. The molecule has 0 aliphatic heterocycles. The molecule has 0 aliphatic rings. The topological polar surface area (TPSA) is 84.7 Å². The summed E-state index contributed by atoms with van der Waals surface area (Å²) in [6.07, 6.45) is 1.48. The Labute approximate surface area is 148 Å². The van der Waals surface area contributed by atoms with E-state index in [1.165, 1.54) is 11.0 Å². The molecule has 7 nitrogen and oxygen atoms in total. The highest BCUT2D eigenvalue weighted by atomic mass is 35.5. The Morgan fingerprint density at radius 2 is 2.00 bits per heavy atom. The summed E-state index contributed by atoms with van der Waals surface area (Å²) in [6.45, 7) is 2.55. The van der Waals surface area contributed by atoms with Crippen LogP contribution in [0.15, 0.2) is 30.5 Å². The van der Waals surface area contributed by atoms with Crippen molar-refractivity contribution in [1.29, 1.82) is 0 Å². The predicted octanol–water partition coefficient (Wildman–Crippen LogP) is 2.67. The smallest absolute Gasteiger partial charge is 0.239 e. The van der Waals surface area contributed by atoms with Crippen molar-refractivity contribution < 1.29 is 4.79 Å².